The van der Waals surface area contributed by atoms with Crippen molar-refractivity contribution in [3.05, 3.63) is 45.0 Å². The van der Waals surface area contributed by atoms with Crippen molar-refractivity contribution >= 4 is 45.0 Å². The summed E-state index contributed by atoms with van der Waals surface area (Å²) in [7, 11) is 0. The predicted octanol–water partition coefficient (Wildman–Crippen LogP) is 4.10. The summed E-state index contributed by atoms with van der Waals surface area (Å²) in [5.74, 6) is 0. The Bertz CT molecular complexity index is 423. The fraction of sp³-hybridized carbons (Fsp3) is 0. The molecule has 60 valence electrons. The third-order valence-electron chi connectivity index (χ3n) is 1.78. The van der Waals surface area contributed by atoms with Crippen LogP contribution in [0.5, 0.6) is 0 Å². The molecule has 0 spiro atoms. The molecule has 0 N–H and O–H groups in total. The molecule has 0 fully saturated rings. The summed E-state index contributed by atoms with van der Waals surface area (Å²) in [6, 6.07) is 12.2. The molecule has 0 unspecified atom stereocenters. The van der Waals surface area contributed by atoms with Crippen LogP contribution in [0.3, 0.4) is 0 Å². The zero-order valence-electron chi connectivity index (χ0n) is 6.22. The van der Waals surface area contributed by atoms with Gasteiger partial charge in [0.2, 0.25) is 0 Å². The van der Waals surface area contributed by atoms with E-state index in [4.69, 9.17) is 11.6 Å². The second-order valence-corrected chi connectivity index (χ2v) is 4.21. The zero-order valence-corrected chi connectivity index (χ0v) is 9.13. The van der Waals surface area contributed by atoms with E-state index < -0.39 is 0 Å². The zero-order chi connectivity index (χ0) is 8.55. The Kier molecular flexibility index (Phi) is 2.24. The molecule has 0 amide bonds. The molecule has 2 heteroatoms. The van der Waals surface area contributed by atoms with Crippen LogP contribution in [-0.2, 0) is 0 Å². The van der Waals surface area contributed by atoms with Crippen molar-refractivity contribution in [1.82, 2.24) is 0 Å². The van der Waals surface area contributed by atoms with Gasteiger partial charge in [-0.05, 0) is 45.5 Å². The van der Waals surface area contributed by atoms with Crippen LogP contribution in [0.15, 0.2) is 36.4 Å². The first kappa shape index (κ1) is 8.32. The molecule has 2 aromatic carbocycles. The molecule has 0 nitrogen and oxygen atoms in total. The van der Waals surface area contributed by atoms with E-state index in [1.54, 1.807) is 0 Å². The Labute approximate surface area is 89.7 Å². The van der Waals surface area contributed by atoms with Crippen molar-refractivity contribution in [2.75, 3.05) is 0 Å². The van der Waals surface area contributed by atoms with E-state index in [0.717, 1.165) is 5.02 Å². The number of hydrogen-bond donors (Lipinski definition) is 0. The molecule has 0 aliphatic carbocycles. The minimum absolute atomic E-state index is 0.804. The van der Waals surface area contributed by atoms with Gasteiger partial charge in [0.05, 0.1) is 0 Å². The molecule has 0 saturated carbocycles. The molecule has 0 atom stereocenters. The summed E-state index contributed by atoms with van der Waals surface area (Å²) in [6.07, 6.45) is 0. The highest BCUT2D eigenvalue weighted by Crippen LogP contribution is 2.24. The van der Waals surface area contributed by atoms with Crippen LogP contribution in [-0.4, -0.2) is 0 Å². The lowest BCUT2D eigenvalue weighted by Gasteiger charge is -2.00. The molecule has 0 heterocycles. The van der Waals surface area contributed by atoms with Crippen LogP contribution in [0, 0.1) is 3.57 Å². The van der Waals surface area contributed by atoms with Crippen molar-refractivity contribution < 1.29 is 0 Å². The Hall–Kier alpha value is -0.280. The minimum atomic E-state index is 0.804. The summed E-state index contributed by atoms with van der Waals surface area (Å²) in [5.41, 5.74) is 0. The SMILES string of the molecule is Clc1cc(I)c2ccccc2c1. The van der Waals surface area contributed by atoms with Gasteiger partial charge in [-0.15, -0.1) is 0 Å². The summed E-state index contributed by atoms with van der Waals surface area (Å²) in [4.78, 5) is 0. The maximum Gasteiger partial charge on any atom is 0.0422 e. The Morgan fingerprint density at radius 2 is 1.83 bits per heavy atom. The van der Waals surface area contributed by atoms with Crippen molar-refractivity contribution in [3.8, 4) is 0 Å². The van der Waals surface area contributed by atoms with Gasteiger partial charge in [-0.2, -0.15) is 0 Å². The van der Waals surface area contributed by atoms with Gasteiger partial charge in [0.1, 0.15) is 0 Å². The number of hydrogen-bond acceptors (Lipinski definition) is 0. The molecule has 0 saturated heterocycles. The van der Waals surface area contributed by atoms with Gasteiger partial charge in [-0.25, -0.2) is 0 Å². The van der Waals surface area contributed by atoms with Gasteiger partial charge in [-0.3, -0.25) is 0 Å². The van der Waals surface area contributed by atoms with E-state index in [1.165, 1.54) is 14.3 Å². The Balaban J connectivity index is 2.89. The topological polar surface area (TPSA) is 0 Å². The molecule has 12 heavy (non-hydrogen) atoms. The number of halogens is 2. The Morgan fingerprint density at radius 3 is 2.67 bits per heavy atom. The van der Waals surface area contributed by atoms with Crippen LogP contribution >= 0.6 is 34.2 Å². The summed E-state index contributed by atoms with van der Waals surface area (Å²) >= 11 is 8.22. The van der Waals surface area contributed by atoms with E-state index in [9.17, 15) is 0 Å². The van der Waals surface area contributed by atoms with Crippen LogP contribution < -0.4 is 0 Å². The lowest BCUT2D eigenvalue weighted by molar-refractivity contribution is 1.70. The summed E-state index contributed by atoms with van der Waals surface area (Å²) in [5, 5.41) is 3.27. The van der Waals surface area contributed by atoms with Crippen molar-refractivity contribution in [3.63, 3.8) is 0 Å². The number of rotatable bonds is 0. The molecular formula is C10H6ClI. The minimum Gasteiger partial charge on any atom is -0.0843 e. The van der Waals surface area contributed by atoms with Crippen LogP contribution in [0.4, 0.5) is 0 Å². The molecular weight excluding hydrogens is 282 g/mol. The monoisotopic (exact) mass is 288 g/mol. The normalized spacial score (nSPS) is 10.5. The summed E-state index contributed by atoms with van der Waals surface area (Å²) in [6.45, 7) is 0. The maximum atomic E-state index is 5.92. The second kappa shape index (κ2) is 3.23. The quantitative estimate of drug-likeness (QED) is 0.640. The molecule has 0 aromatic heterocycles. The van der Waals surface area contributed by atoms with Crippen LogP contribution in [0.1, 0.15) is 0 Å². The maximum absolute atomic E-state index is 5.92. The second-order valence-electron chi connectivity index (χ2n) is 2.61. The molecule has 0 bridgehead atoms. The lowest BCUT2D eigenvalue weighted by atomic mass is 10.1. The first-order chi connectivity index (χ1) is 5.77. The van der Waals surface area contributed by atoms with E-state index in [0.29, 0.717) is 0 Å². The van der Waals surface area contributed by atoms with Crippen LogP contribution in [0.2, 0.25) is 5.02 Å². The highest BCUT2D eigenvalue weighted by atomic mass is 127. The molecule has 0 radical (unpaired) electrons. The average Bonchev–Trinajstić information content (AvgIpc) is 2.04. The fourth-order valence-electron chi connectivity index (χ4n) is 1.23. The fourth-order valence-corrected chi connectivity index (χ4v) is 2.47. The van der Waals surface area contributed by atoms with E-state index in [1.807, 2.05) is 24.3 Å². The van der Waals surface area contributed by atoms with Crippen molar-refractivity contribution in [2.45, 2.75) is 0 Å². The first-order valence-electron chi connectivity index (χ1n) is 3.61. The first-order valence-corrected chi connectivity index (χ1v) is 5.07. The van der Waals surface area contributed by atoms with E-state index >= 15 is 0 Å². The summed E-state index contributed by atoms with van der Waals surface area (Å²) < 4.78 is 1.20. The van der Waals surface area contributed by atoms with Crippen molar-refractivity contribution in [2.24, 2.45) is 0 Å². The van der Waals surface area contributed by atoms with Gasteiger partial charge in [0, 0.05) is 8.59 Å². The van der Waals surface area contributed by atoms with Gasteiger partial charge < -0.3 is 0 Å². The van der Waals surface area contributed by atoms with E-state index in [2.05, 4.69) is 34.7 Å². The predicted molar refractivity (Wildman–Crippen MR) is 61.7 cm³/mol. The van der Waals surface area contributed by atoms with Gasteiger partial charge in [-0.1, -0.05) is 35.9 Å². The number of fused-ring (bicyclic) bond motifs is 1. The molecule has 2 aromatic rings. The third-order valence-corrected chi connectivity index (χ3v) is 2.89. The smallest absolute Gasteiger partial charge is 0.0422 e. The van der Waals surface area contributed by atoms with Gasteiger partial charge in [0.15, 0.2) is 0 Å². The standard InChI is InChI=1S/C10H6ClI/c11-8-5-7-3-1-2-4-9(7)10(12)6-8/h1-6H. The number of benzene rings is 2. The average molecular weight is 289 g/mol. The molecule has 0 aliphatic heterocycles. The van der Waals surface area contributed by atoms with Crippen LogP contribution in [0.25, 0.3) is 10.8 Å². The highest BCUT2D eigenvalue weighted by molar-refractivity contribution is 14.1. The van der Waals surface area contributed by atoms with Crippen molar-refractivity contribution in [1.29, 1.82) is 0 Å². The van der Waals surface area contributed by atoms with Gasteiger partial charge >= 0.3 is 0 Å². The largest absolute Gasteiger partial charge is 0.0843 e. The molecule has 0 aliphatic rings. The van der Waals surface area contributed by atoms with E-state index in [-0.39, 0.29) is 0 Å². The third kappa shape index (κ3) is 1.43. The van der Waals surface area contributed by atoms with Gasteiger partial charge in [0.25, 0.3) is 0 Å². The Morgan fingerprint density at radius 1 is 1.08 bits per heavy atom. The molecule has 2 rings (SSSR count). The highest BCUT2D eigenvalue weighted by Gasteiger charge is 1.98. The lowest BCUT2D eigenvalue weighted by Crippen LogP contribution is -1.76.